The molecule has 1 atom stereocenters. The summed E-state index contributed by atoms with van der Waals surface area (Å²) in [6, 6.07) is 0. The molecule has 0 spiro atoms. The normalized spacial score (nSPS) is 20.6. The van der Waals surface area contributed by atoms with Gasteiger partial charge in [0, 0.05) is 13.2 Å². The minimum Gasteiger partial charge on any atom is -0.381 e. The molecule has 1 aliphatic rings. The predicted molar refractivity (Wildman–Crippen MR) is 63.7 cm³/mol. The van der Waals surface area contributed by atoms with Gasteiger partial charge in [0.1, 0.15) is 12.1 Å². The molecular formula is C11H15N5O. The Morgan fingerprint density at radius 1 is 1.47 bits per heavy atom. The third-order valence-electron chi connectivity index (χ3n) is 3.06. The van der Waals surface area contributed by atoms with Crippen molar-refractivity contribution in [1.82, 2.24) is 20.2 Å². The number of hydrogen-bond donors (Lipinski definition) is 2. The van der Waals surface area contributed by atoms with Crippen LogP contribution >= 0.6 is 0 Å². The molecule has 17 heavy (non-hydrogen) atoms. The fraction of sp³-hybridized carbons (Fsp3) is 0.545. The van der Waals surface area contributed by atoms with Gasteiger partial charge in [-0.15, -0.1) is 0 Å². The molecule has 2 aromatic heterocycles. The number of rotatable bonds is 3. The first-order chi connectivity index (χ1) is 8.43. The quantitative estimate of drug-likeness (QED) is 0.832. The average molecular weight is 233 g/mol. The molecule has 0 radical (unpaired) electrons. The molecule has 0 unspecified atom stereocenters. The number of aromatic amines is 1. The van der Waals surface area contributed by atoms with Gasteiger partial charge in [-0.05, 0) is 18.8 Å². The van der Waals surface area contributed by atoms with E-state index in [1.165, 1.54) is 6.42 Å². The first-order valence-corrected chi connectivity index (χ1v) is 5.89. The van der Waals surface area contributed by atoms with E-state index in [0.29, 0.717) is 5.92 Å². The Hall–Kier alpha value is -1.69. The van der Waals surface area contributed by atoms with Crippen LogP contribution in [0.1, 0.15) is 12.8 Å². The molecule has 3 rings (SSSR count). The Kier molecular flexibility index (Phi) is 2.87. The molecule has 0 aromatic carbocycles. The molecule has 0 aliphatic carbocycles. The van der Waals surface area contributed by atoms with Gasteiger partial charge in [0.05, 0.1) is 18.2 Å². The van der Waals surface area contributed by atoms with E-state index >= 15 is 0 Å². The van der Waals surface area contributed by atoms with Crippen LogP contribution in [0.2, 0.25) is 0 Å². The second kappa shape index (κ2) is 4.67. The van der Waals surface area contributed by atoms with Gasteiger partial charge in [0.25, 0.3) is 0 Å². The maximum absolute atomic E-state index is 5.45. The Morgan fingerprint density at radius 2 is 2.47 bits per heavy atom. The van der Waals surface area contributed by atoms with Crippen molar-refractivity contribution in [3.8, 4) is 0 Å². The molecule has 2 aromatic rings. The fourth-order valence-electron chi connectivity index (χ4n) is 2.12. The number of aromatic nitrogens is 4. The van der Waals surface area contributed by atoms with Crippen LogP contribution in [0.25, 0.3) is 11.0 Å². The van der Waals surface area contributed by atoms with E-state index in [4.69, 9.17) is 4.74 Å². The van der Waals surface area contributed by atoms with E-state index < -0.39 is 0 Å². The van der Waals surface area contributed by atoms with Gasteiger partial charge in [0.15, 0.2) is 5.65 Å². The summed E-state index contributed by atoms with van der Waals surface area (Å²) in [7, 11) is 0. The van der Waals surface area contributed by atoms with Gasteiger partial charge in [-0.3, -0.25) is 5.10 Å². The lowest BCUT2D eigenvalue weighted by molar-refractivity contribution is 0.0595. The second-order valence-electron chi connectivity index (χ2n) is 4.32. The molecule has 0 amide bonds. The molecule has 6 nitrogen and oxygen atoms in total. The zero-order chi connectivity index (χ0) is 11.5. The Balaban J connectivity index is 1.69. The summed E-state index contributed by atoms with van der Waals surface area (Å²) in [6.45, 7) is 2.62. The van der Waals surface area contributed by atoms with E-state index in [0.717, 1.165) is 43.0 Å². The SMILES string of the molecule is c1nc(NC[C@H]2CCCOC2)c2cn[nH]c2n1. The van der Waals surface area contributed by atoms with Crippen LogP contribution in [-0.2, 0) is 4.74 Å². The Bertz CT molecular complexity index is 491. The number of nitrogens with zero attached hydrogens (tertiary/aromatic N) is 3. The van der Waals surface area contributed by atoms with E-state index in [2.05, 4.69) is 25.5 Å². The zero-order valence-corrected chi connectivity index (χ0v) is 9.52. The van der Waals surface area contributed by atoms with Gasteiger partial charge in [0.2, 0.25) is 0 Å². The van der Waals surface area contributed by atoms with Crippen molar-refractivity contribution in [2.24, 2.45) is 5.92 Å². The summed E-state index contributed by atoms with van der Waals surface area (Å²) >= 11 is 0. The molecule has 1 aliphatic heterocycles. The van der Waals surface area contributed by atoms with Gasteiger partial charge in [-0.2, -0.15) is 5.10 Å². The Morgan fingerprint density at radius 3 is 3.35 bits per heavy atom. The van der Waals surface area contributed by atoms with E-state index in [1.807, 2.05) is 0 Å². The molecule has 3 heterocycles. The third-order valence-corrected chi connectivity index (χ3v) is 3.06. The highest BCUT2D eigenvalue weighted by Crippen LogP contribution is 2.18. The summed E-state index contributed by atoms with van der Waals surface area (Å²) in [5.41, 5.74) is 0.766. The van der Waals surface area contributed by atoms with Crippen molar-refractivity contribution in [2.45, 2.75) is 12.8 Å². The number of anilines is 1. The van der Waals surface area contributed by atoms with Crippen molar-refractivity contribution in [1.29, 1.82) is 0 Å². The highest BCUT2D eigenvalue weighted by Gasteiger charge is 2.14. The monoisotopic (exact) mass is 233 g/mol. The number of ether oxygens (including phenoxy) is 1. The zero-order valence-electron chi connectivity index (χ0n) is 9.52. The summed E-state index contributed by atoms with van der Waals surface area (Å²) in [5, 5.41) is 11.1. The lowest BCUT2D eigenvalue weighted by Crippen LogP contribution is -2.24. The molecule has 2 N–H and O–H groups in total. The van der Waals surface area contributed by atoms with Gasteiger partial charge in [-0.1, -0.05) is 0 Å². The van der Waals surface area contributed by atoms with Crippen molar-refractivity contribution in [3.05, 3.63) is 12.5 Å². The van der Waals surface area contributed by atoms with Crippen LogP contribution in [0, 0.1) is 5.92 Å². The largest absolute Gasteiger partial charge is 0.381 e. The molecule has 1 fully saturated rings. The standard InChI is InChI=1S/C11H15N5O/c1-2-8(6-17-3-1)4-12-10-9-5-15-16-11(9)14-7-13-10/h5,7-8H,1-4,6H2,(H2,12,13,14,15,16)/t8-/m1/s1. The van der Waals surface area contributed by atoms with Crippen LogP contribution in [0.4, 0.5) is 5.82 Å². The smallest absolute Gasteiger partial charge is 0.160 e. The molecule has 1 saturated heterocycles. The maximum atomic E-state index is 5.45. The number of H-pyrrole nitrogens is 1. The van der Waals surface area contributed by atoms with Crippen LogP contribution in [-0.4, -0.2) is 39.9 Å². The first kappa shape index (κ1) is 10.5. The summed E-state index contributed by atoms with van der Waals surface area (Å²) < 4.78 is 5.45. The van der Waals surface area contributed by atoms with Gasteiger partial charge >= 0.3 is 0 Å². The Labute approximate surface area is 98.8 Å². The van der Waals surface area contributed by atoms with Crippen LogP contribution in [0.15, 0.2) is 12.5 Å². The molecular weight excluding hydrogens is 218 g/mol. The van der Waals surface area contributed by atoms with Crippen LogP contribution < -0.4 is 5.32 Å². The van der Waals surface area contributed by atoms with Crippen molar-refractivity contribution in [3.63, 3.8) is 0 Å². The van der Waals surface area contributed by atoms with Crippen LogP contribution in [0.3, 0.4) is 0 Å². The third kappa shape index (κ3) is 2.21. The summed E-state index contributed by atoms with van der Waals surface area (Å²) in [6.07, 6.45) is 5.65. The van der Waals surface area contributed by atoms with E-state index in [-0.39, 0.29) is 0 Å². The summed E-state index contributed by atoms with van der Waals surface area (Å²) in [4.78, 5) is 8.34. The molecule has 90 valence electrons. The molecule has 0 saturated carbocycles. The van der Waals surface area contributed by atoms with Gasteiger partial charge < -0.3 is 10.1 Å². The van der Waals surface area contributed by atoms with Crippen molar-refractivity contribution < 1.29 is 4.74 Å². The van der Waals surface area contributed by atoms with E-state index in [9.17, 15) is 0 Å². The van der Waals surface area contributed by atoms with E-state index in [1.54, 1.807) is 12.5 Å². The number of fused-ring (bicyclic) bond motifs is 1. The second-order valence-corrected chi connectivity index (χ2v) is 4.32. The van der Waals surface area contributed by atoms with Crippen molar-refractivity contribution >= 4 is 16.9 Å². The first-order valence-electron chi connectivity index (χ1n) is 5.89. The highest BCUT2D eigenvalue weighted by molar-refractivity contribution is 5.85. The maximum Gasteiger partial charge on any atom is 0.160 e. The minimum atomic E-state index is 0.570. The lowest BCUT2D eigenvalue weighted by Gasteiger charge is -2.22. The average Bonchev–Trinajstić information content (AvgIpc) is 2.86. The number of hydrogen-bond acceptors (Lipinski definition) is 5. The van der Waals surface area contributed by atoms with Gasteiger partial charge in [-0.25, -0.2) is 9.97 Å². The highest BCUT2D eigenvalue weighted by atomic mass is 16.5. The lowest BCUT2D eigenvalue weighted by atomic mass is 10.0. The van der Waals surface area contributed by atoms with Crippen LogP contribution in [0.5, 0.6) is 0 Å². The molecule has 6 heteroatoms. The molecule has 0 bridgehead atoms. The minimum absolute atomic E-state index is 0.570. The summed E-state index contributed by atoms with van der Waals surface area (Å²) in [5.74, 6) is 1.41. The fourth-order valence-corrected chi connectivity index (χ4v) is 2.12. The predicted octanol–water partition coefficient (Wildman–Crippen LogP) is 1.19. The van der Waals surface area contributed by atoms with Crippen molar-refractivity contribution in [2.75, 3.05) is 25.1 Å². The topological polar surface area (TPSA) is 75.7 Å². The number of nitrogens with one attached hydrogen (secondary N) is 2.